The third-order valence-electron chi connectivity index (χ3n) is 3.01. The molecule has 0 aliphatic heterocycles. The van der Waals surface area contributed by atoms with Crippen molar-refractivity contribution in [3.8, 4) is 5.75 Å². The molecule has 0 aliphatic carbocycles. The SMILES string of the molecule is Cc1cc(C)c(OCCNS(=O)(=O)c2cccs2)c(C)c1. The van der Waals surface area contributed by atoms with E-state index in [0.717, 1.165) is 16.9 Å². The number of aryl methyl sites for hydroxylation is 3. The largest absolute Gasteiger partial charge is 0.492 e. The summed E-state index contributed by atoms with van der Waals surface area (Å²) in [6.07, 6.45) is 0. The summed E-state index contributed by atoms with van der Waals surface area (Å²) in [5, 5.41) is 1.74. The van der Waals surface area contributed by atoms with Crippen LogP contribution < -0.4 is 9.46 Å². The highest BCUT2D eigenvalue weighted by atomic mass is 32.2. The third-order valence-corrected chi connectivity index (χ3v) is 5.86. The Morgan fingerprint density at radius 2 is 1.86 bits per heavy atom. The van der Waals surface area contributed by atoms with Crippen molar-refractivity contribution >= 4 is 21.4 Å². The van der Waals surface area contributed by atoms with Crippen LogP contribution in [0.4, 0.5) is 0 Å². The van der Waals surface area contributed by atoms with E-state index in [1.54, 1.807) is 17.5 Å². The number of thiophene rings is 1. The summed E-state index contributed by atoms with van der Waals surface area (Å²) in [6.45, 7) is 6.57. The van der Waals surface area contributed by atoms with Gasteiger partial charge in [-0.05, 0) is 43.3 Å². The maximum atomic E-state index is 11.9. The van der Waals surface area contributed by atoms with Crippen molar-refractivity contribution in [3.05, 3.63) is 46.3 Å². The monoisotopic (exact) mass is 325 g/mol. The van der Waals surface area contributed by atoms with E-state index < -0.39 is 10.0 Å². The van der Waals surface area contributed by atoms with Crippen LogP contribution in [-0.4, -0.2) is 21.6 Å². The Balaban J connectivity index is 1.91. The maximum Gasteiger partial charge on any atom is 0.250 e. The molecule has 0 fully saturated rings. The minimum Gasteiger partial charge on any atom is -0.492 e. The van der Waals surface area contributed by atoms with E-state index in [4.69, 9.17) is 4.74 Å². The van der Waals surface area contributed by atoms with Crippen molar-refractivity contribution < 1.29 is 13.2 Å². The molecule has 4 nitrogen and oxygen atoms in total. The summed E-state index contributed by atoms with van der Waals surface area (Å²) in [4.78, 5) is 0. The molecular weight excluding hydrogens is 306 g/mol. The van der Waals surface area contributed by atoms with Crippen molar-refractivity contribution in [2.75, 3.05) is 13.2 Å². The molecule has 0 saturated heterocycles. The predicted octanol–water partition coefficient (Wildman–Crippen LogP) is 3.03. The molecule has 0 spiro atoms. The molecule has 1 aromatic heterocycles. The Bertz CT molecular complexity index is 684. The first-order valence-corrected chi connectivity index (χ1v) is 9.00. The van der Waals surface area contributed by atoms with E-state index in [9.17, 15) is 8.42 Å². The number of hydrogen-bond acceptors (Lipinski definition) is 4. The van der Waals surface area contributed by atoms with Gasteiger partial charge in [0, 0.05) is 6.54 Å². The van der Waals surface area contributed by atoms with Gasteiger partial charge in [0.05, 0.1) is 0 Å². The average molecular weight is 325 g/mol. The smallest absolute Gasteiger partial charge is 0.250 e. The lowest BCUT2D eigenvalue weighted by molar-refractivity contribution is 0.318. The van der Waals surface area contributed by atoms with Crippen LogP contribution in [0, 0.1) is 20.8 Å². The fraction of sp³-hybridized carbons (Fsp3) is 0.333. The van der Waals surface area contributed by atoms with Crippen LogP contribution in [0.5, 0.6) is 5.75 Å². The molecule has 2 aromatic rings. The molecule has 0 radical (unpaired) electrons. The Hall–Kier alpha value is -1.37. The summed E-state index contributed by atoms with van der Waals surface area (Å²) >= 11 is 1.20. The van der Waals surface area contributed by atoms with Crippen molar-refractivity contribution in [2.45, 2.75) is 25.0 Å². The Labute approximate surface area is 129 Å². The number of sulfonamides is 1. The van der Waals surface area contributed by atoms with Gasteiger partial charge in [-0.25, -0.2) is 13.1 Å². The normalized spacial score (nSPS) is 11.6. The second kappa shape index (κ2) is 6.60. The number of rotatable bonds is 6. The Kier molecular flexibility index (Phi) is 5.03. The standard InChI is InChI=1S/C15H19NO3S2/c1-11-9-12(2)15(13(3)10-11)19-7-6-16-21(17,18)14-5-4-8-20-14/h4-5,8-10,16H,6-7H2,1-3H3. The minimum atomic E-state index is -3.41. The van der Waals surface area contributed by atoms with Crippen LogP contribution in [0.25, 0.3) is 0 Å². The molecule has 0 bridgehead atoms. The van der Waals surface area contributed by atoms with Gasteiger partial charge in [0.25, 0.3) is 0 Å². The number of benzene rings is 1. The summed E-state index contributed by atoms with van der Waals surface area (Å²) in [6, 6.07) is 7.41. The number of nitrogens with one attached hydrogen (secondary N) is 1. The summed E-state index contributed by atoms with van der Waals surface area (Å²) < 4.78 is 32.4. The Morgan fingerprint density at radius 1 is 1.19 bits per heavy atom. The first kappa shape index (κ1) is 16.0. The fourth-order valence-electron chi connectivity index (χ4n) is 2.21. The van der Waals surface area contributed by atoms with Gasteiger partial charge >= 0.3 is 0 Å². The molecule has 0 saturated carbocycles. The Morgan fingerprint density at radius 3 is 2.43 bits per heavy atom. The molecule has 1 aromatic carbocycles. The molecule has 0 aliphatic rings. The zero-order valence-electron chi connectivity index (χ0n) is 12.3. The van der Waals surface area contributed by atoms with Gasteiger partial charge in [0.15, 0.2) is 0 Å². The predicted molar refractivity (Wildman–Crippen MR) is 85.7 cm³/mol. The van der Waals surface area contributed by atoms with Gasteiger partial charge in [-0.1, -0.05) is 23.8 Å². The quantitative estimate of drug-likeness (QED) is 0.831. The molecule has 0 atom stereocenters. The lowest BCUT2D eigenvalue weighted by Gasteiger charge is -2.13. The van der Waals surface area contributed by atoms with Gasteiger partial charge in [-0.15, -0.1) is 11.3 Å². The van der Waals surface area contributed by atoms with Crippen molar-refractivity contribution in [3.63, 3.8) is 0 Å². The highest BCUT2D eigenvalue weighted by Gasteiger charge is 2.14. The van der Waals surface area contributed by atoms with Gasteiger partial charge in [0.1, 0.15) is 16.6 Å². The lowest BCUT2D eigenvalue weighted by Crippen LogP contribution is -2.27. The second-order valence-electron chi connectivity index (χ2n) is 4.91. The molecule has 21 heavy (non-hydrogen) atoms. The van der Waals surface area contributed by atoms with Gasteiger partial charge in [-0.3, -0.25) is 0 Å². The molecule has 6 heteroatoms. The van der Waals surface area contributed by atoms with Crippen LogP contribution in [0.1, 0.15) is 16.7 Å². The summed E-state index contributed by atoms with van der Waals surface area (Å²) in [5.41, 5.74) is 3.32. The van der Waals surface area contributed by atoms with Crippen LogP contribution in [0.3, 0.4) is 0 Å². The van der Waals surface area contributed by atoms with E-state index in [2.05, 4.69) is 16.9 Å². The fourth-order valence-corrected chi connectivity index (χ4v) is 4.26. The molecule has 0 amide bonds. The van der Waals surface area contributed by atoms with E-state index >= 15 is 0 Å². The first-order chi connectivity index (χ1) is 9.90. The minimum absolute atomic E-state index is 0.243. The lowest BCUT2D eigenvalue weighted by atomic mass is 10.1. The molecular formula is C15H19NO3S2. The molecule has 2 rings (SSSR count). The zero-order chi connectivity index (χ0) is 15.5. The average Bonchev–Trinajstić information content (AvgIpc) is 2.91. The van der Waals surface area contributed by atoms with Crippen molar-refractivity contribution in [1.29, 1.82) is 0 Å². The molecule has 0 unspecified atom stereocenters. The number of ether oxygens (including phenoxy) is 1. The third kappa shape index (κ3) is 4.06. The highest BCUT2D eigenvalue weighted by Crippen LogP contribution is 2.24. The summed E-state index contributed by atoms with van der Waals surface area (Å²) in [7, 11) is -3.41. The maximum absolute atomic E-state index is 11.9. The molecule has 1 heterocycles. The number of hydrogen-bond donors (Lipinski definition) is 1. The zero-order valence-corrected chi connectivity index (χ0v) is 14.0. The van der Waals surface area contributed by atoms with Gasteiger partial charge in [0.2, 0.25) is 10.0 Å². The van der Waals surface area contributed by atoms with E-state index in [1.165, 1.54) is 16.9 Å². The van der Waals surface area contributed by atoms with E-state index in [0.29, 0.717) is 10.8 Å². The molecule has 114 valence electrons. The van der Waals surface area contributed by atoms with Crippen LogP contribution >= 0.6 is 11.3 Å². The van der Waals surface area contributed by atoms with E-state index in [-0.39, 0.29) is 6.54 Å². The molecule has 1 N–H and O–H groups in total. The van der Waals surface area contributed by atoms with Gasteiger partial charge < -0.3 is 4.74 Å². The van der Waals surface area contributed by atoms with Crippen molar-refractivity contribution in [2.24, 2.45) is 0 Å². The second-order valence-corrected chi connectivity index (χ2v) is 7.85. The summed E-state index contributed by atoms with van der Waals surface area (Å²) in [5.74, 6) is 0.830. The van der Waals surface area contributed by atoms with Gasteiger partial charge in [-0.2, -0.15) is 0 Å². The van der Waals surface area contributed by atoms with Crippen LogP contribution in [0.15, 0.2) is 33.9 Å². The first-order valence-electron chi connectivity index (χ1n) is 6.64. The van der Waals surface area contributed by atoms with E-state index in [1.807, 2.05) is 20.8 Å². The topological polar surface area (TPSA) is 55.4 Å². The van der Waals surface area contributed by atoms with Crippen molar-refractivity contribution in [1.82, 2.24) is 4.72 Å². The highest BCUT2D eigenvalue weighted by molar-refractivity contribution is 7.91. The van der Waals surface area contributed by atoms with Crippen LogP contribution in [-0.2, 0) is 10.0 Å². The van der Waals surface area contributed by atoms with Crippen LogP contribution in [0.2, 0.25) is 0 Å².